The van der Waals surface area contributed by atoms with Gasteiger partial charge in [0.15, 0.2) is 0 Å². The lowest BCUT2D eigenvalue weighted by molar-refractivity contribution is -0.0101. The normalized spacial score (nSPS) is 14.7. The number of aryl methyl sites for hydroxylation is 2. The van der Waals surface area contributed by atoms with Crippen LogP contribution in [0.1, 0.15) is 43.5 Å². The van der Waals surface area contributed by atoms with Gasteiger partial charge in [0, 0.05) is 19.6 Å². The zero-order valence-corrected chi connectivity index (χ0v) is 20.8. The van der Waals surface area contributed by atoms with E-state index in [1.807, 2.05) is 67.9 Å². The number of hydrogen-bond acceptors (Lipinski definition) is 5. The largest absolute Gasteiger partial charge is 0.439 e. The van der Waals surface area contributed by atoms with E-state index in [2.05, 4.69) is 24.0 Å². The van der Waals surface area contributed by atoms with Gasteiger partial charge in [-0.2, -0.15) is 5.10 Å². The van der Waals surface area contributed by atoms with Crippen LogP contribution in [0.4, 0.5) is 0 Å². The van der Waals surface area contributed by atoms with Gasteiger partial charge in [0.05, 0.1) is 35.8 Å². The zero-order valence-electron chi connectivity index (χ0n) is 20.8. The first-order chi connectivity index (χ1) is 16.4. The highest BCUT2D eigenvalue weighted by molar-refractivity contribution is 5.43. The monoisotopic (exact) mass is 463 g/mol. The smallest absolute Gasteiger partial charge is 0.227 e. The van der Waals surface area contributed by atoms with Gasteiger partial charge in [-0.1, -0.05) is 35.9 Å². The maximum Gasteiger partial charge on any atom is 0.227 e. The summed E-state index contributed by atoms with van der Waals surface area (Å²) >= 11 is 0. The summed E-state index contributed by atoms with van der Waals surface area (Å²) in [6.07, 6.45) is 2.08. The first-order valence-corrected chi connectivity index (χ1v) is 12.3. The van der Waals surface area contributed by atoms with E-state index in [9.17, 15) is 5.11 Å². The number of rotatable bonds is 12. The van der Waals surface area contributed by atoms with Crippen molar-refractivity contribution >= 4 is 0 Å². The van der Waals surface area contributed by atoms with Crippen LogP contribution >= 0.6 is 0 Å². The molecule has 0 amide bonds. The highest BCUT2D eigenvalue weighted by Gasteiger charge is 2.28. The van der Waals surface area contributed by atoms with E-state index in [-0.39, 0.29) is 6.10 Å². The molecule has 4 rings (SSSR count). The number of aliphatic hydroxyl groups excluding tert-OH is 1. The summed E-state index contributed by atoms with van der Waals surface area (Å²) in [5, 5.41) is 15.5. The quantitative estimate of drug-likeness (QED) is 0.396. The summed E-state index contributed by atoms with van der Waals surface area (Å²) < 4.78 is 14.0. The van der Waals surface area contributed by atoms with Crippen molar-refractivity contribution in [3.05, 3.63) is 71.4 Å². The van der Waals surface area contributed by atoms with Gasteiger partial charge in [-0.25, -0.2) is 4.68 Å². The van der Waals surface area contributed by atoms with E-state index in [0.29, 0.717) is 25.6 Å². The molecule has 2 aromatic carbocycles. The van der Waals surface area contributed by atoms with Gasteiger partial charge in [-0.05, 0) is 70.7 Å². The molecule has 0 saturated heterocycles. The molecule has 6 nitrogen and oxygen atoms in total. The fourth-order valence-electron chi connectivity index (χ4n) is 4.03. The number of aliphatic hydroxyl groups is 1. The molecule has 0 radical (unpaired) electrons. The average molecular weight is 464 g/mol. The number of benzene rings is 2. The lowest BCUT2D eigenvalue weighted by Crippen LogP contribution is -2.36. The summed E-state index contributed by atoms with van der Waals surface area (Å²) in [6, 6.07) is 18.2. The maximum absolute atomic E-state index is 10.6. The topological polar surface area (TPSA) is 59.8 Å². The van der Waals surface area contributed by atoms with Gasteiger partial charge in [-0.15, -0.1) is 0 Å². The fourth-order valence-corrected chi connectivity index (χ4v) is 4.03. The molecule has 1 atom stereocenters. The Kier molecular flexibility index (Phi) is 8.03. The van der Waals surface area contributed by atoms with Gasteiger partial charge in [0.1, 0.15) is 5.75 Å². The standard InChI is InChI=1S/C28H37N3O3/c1-20(2)33-19-25(32)17-30(16-23-12-13-23)18-27-22(4)29-31(24-8-6-5-7-9-24)28(27)34-26-14-10-21(3)11-15-26/h5-11,14-15,20,23,25,32H,12-13,16-19H2,1-4H3. The number of nitrogens with zero attached hydrogens (tertiary/aromatic N) is 3. The van der Waals surface area contributed by atoms with Crippen molar-refractivity contribution in [3.8, 4) is 17.3 Å². The molecule has 6 heteroatoms. The lowest BCUT2D eigenvalue weighted by Gasteiger charge is -2.26. The van der Waals surface area contributed by atoms with Crippen LogP contribution in [0.25, 0.3) is 5.69 Å². The Balaban J connectivity index is 1.62. The molecule has 0 aliphatic heterocycles. The van der Waals surface area contributed by atoms with Crippen LogP contribution in [0.15, 0.2) is 54.6 Å². The predicted octanol–water partition coefficient (Wildman–Crippen LogP) is 5.28. The fraction of sp³-hybridized carbons (Fsp3) is 0.464. The van der Waals surface area contributed by atoms with E-state index in [1.165, 1.54) is 18.4 Å². The molecule has 1 aliphatic carbocycles. The summed E-state index contributed by atoms with van der Waals surface area (Å²) in [4.78, 5) is 2.33. The van der Waals surface area contributed by atoms with E-state index < -0.39 is 6.10 Å². The zero-order chi connectivity index (χ0) is 24.1. The molecule has 1 N–H and O–H groups in total. The maximum atomic E-state index is 10.6. The summed E-state index contributed by atoms with van der Waals surface area (Å²) in [5.74, 6) is 2.20. The molecule has 34 heavy (non-hydrogen) atoms. The van der Waals surface area contributed by atoms with Crippen LogP contribution < -0.4 is 4.74 Å². The van der Waals surface area contributed by atoms with Crippen LogP contribution in [0.2, 0.25) is 0 Å². The first kappa shape index (κ1) is 24.5. The molecule has 1 aromatic heterocycles. The Hall–Kier alpha value is -2.67. The Morgan fingerprint density at radius 1 is 1.06 bits per heavy atom. The molecular formula is C28H37N3O3. The third kappa shape index (κ3) is 6.69. The predicted molar refractivity (Wildman–Crippen MR) is 135 cm³/mol. The number of para-hydroxylation sites is 1. The van der Waals surface area contributed by atoms with Crippen molar-refractivity contribution in [1.82, 2.24) is 14.7 Å². The van der Waals surface area contributed by atoms with Crippen molar-refractivity contribution in [1.29, 1.82) is 0 Å². The summed E-state index contributed by atoms with van der Waals surface area (Å²) in [5.41, 5.74) is 4.12. The second kappa shape index (κ2) is 11.2. The van der Waals surface area contributed by atoms with Crippen molar-refractivity contribution in [2.24, 2.45) is 5.92 Å². The highest BCUT2D eigenvalue weighted by Crippen LogP contribution is 2.34. The number of ether oxygens (including phenoxy) is 2. The molecule has 182 valence electrons. The van der Waals surface area contributed by atoms with Crippen LogP contribution in [0, 0.1) is 19.8 Å². The van der Waals surface area contributed by atoms with Crippen molar-refractivity contribution in [2.45, 2.75) is 59.3 Å². The van der Waals surface area contributed by atoms with E-state index >= 15 is 0 Å². The molecule has 1 saturated carbocycles. The van der Waals surface area contributed by atoms with Crippen molar-refractivity contribution in [3.63, 3.8) is 0 Å². The third-order valence-corrected chi connectivity index (χ3v) is 6.06. The summed E-state index contributed by atoms with van der Waals surface area (Å²) in [6.45, 7) is 10.6. The van der Waals surface area contributed by atoms with Gasteiger partial charge >= 0.3 is 0 Å². The second-order valence-corrected chi connectivity index (χ2v) is 9.70. The van der Waals surface area contributed by atoms with E-state index in [1.54, 1.807) is 0 Å². The van der Waals surface area contributed by atoms with Gasteiger partial charge < -0.3 is 14.6 Å². The first-order valence-electron chi connectivity index (χ1n) is 12.3. The van der Waals surface area contributed by atoms with Crippen LogP contribution in [-0.2, 0) is 11.3 Å². The Labute approximate surface area is 203 Å². The Bertz CT molecular complexity index is 1040. The van der Waals surface area contributed by atoms with Crippen LogP contribution in [-0.4, -0.2) is 51.7 Å². The molecule has 0 spiro atoms. The second-order valence-electron chi connectivity index (χ2n) is 9.70. The van der Waals surface area contributed by atoms with Gasteiger partial charge in [0.25, 0.3) is 0 Å². The number of hydrogen-bond donors (Lipinski definition) is 1. The van der Waals surface area contributed by atoms with Crippen molar-refractivity contribution in [2.75, 3.05) is 19.7 Å². The minimum absolute atomic E-state index is 0.104. The molecule has 1 aliphatic rings. The molecule has 1 heterocycles. The molecular weight excluding hydrogens is 426 g/mol. The molecule has 1 fully saturated rings. The molecule has 0 bridgehead atoms. The third-order valence-electron chi connectivity index (χ3n) is 6.06. The van der Waals surface area contributed by atoms with E-state index in [4.69, 9.17) is 14.6 Å². The van der Waals surface area contributed by atoms with Gasteiger partial charge in [-0.3, -0.25) is 4.90 Å². The highest BCUT2D eigenvalue weighted by atomic mass is 16.5. The average Bonchev–Trinajstić information content (AvgIpc) is 3.59. The minimum atomic E-state index is -0.535. The van der Waals surface area contributed by atoms with Crippen molar-refractivity contribution < 1.29 is 14.6 Å². The van der Waals surface area contributed by atoms with E-state index in [0.717, 1.165) is 35.1 Å². The Morgan fingerprint density at radius 3 is 2.41 bits per heavy atom. The number of aromatic nitrogens is 2. The molecule has 1 unspecified atom stereocenters. The van der Waals surface area contributed by atoms with Gasteiger partial charge in [0.2, 0.25) is 5.88 Å². The van der Waals surface area contributed by atoms with Crippen LogP contribution in [0.5, 0.6) is 11.6 Å². The minimum Gasteiger partial charge on any atom is -0.439 e. The van der Waals surface area contributed by atoms with Crippen LogP contribution in [0.3, 0.4) is 0 Å². The lowest BCUT2D eigenvalue weighted by atomic mass is 10.2. The summed E-state index contributed by atoms with van der Waals surface area (Å²) in [7, 11) is 0. The Morgan fingerprint density at radius 2 is 1.76 bits per heavy atom. The SMILES string of the molecule is Cc1ccc(Oc2c(CN(CC(O)COC(C)C)CC3CC3)c(C)nn2-c2ccccc2)cc1. The molecule has 3 aromatic rings.